The van der Waals surface area contributed by atoms with Gasteiger partial charge in [-0.2, -0.15) is 0 Å². The molecule has 2 amide bonds. The molecule has 0 saturated carbocycles. The SMILES string of the molecule is CCc1ccc(N2C(=O)c3c(C(=O)OC)ncn3C[C@]2(C)C(=O)NCc2ccc(C)cc2)cc1. The number of imidazole rings is 1. The molecule has 4 rings (SSSR count). The number of carbonyl (C=O) groups is 3. The first kappa shape index (κ1) is 23.2. The van der Waals surface area contributed by atoms with Crippen molar-refractivity contribution < 1.29 is 19.1 Å². The Hall–Kier alpha value is -3.94. The van der Waals surface area contributed by atoms with Crippen molar-refractivity contribution in [1.29, 1.82) is 0 Å². The molecular weight excluding hydrogens is 432 g/mol. The summed E-state index contributed by atoms with van der Waals surface area (Å²) in [5.74, 6) is -1.49. The van der Waals surface area contributed by atoms with Crippen LogP contribution in [0.15, 0.2) is 54.9 Å². The number of nitrogens with one attached hydrogen (secondary N) is 1. The van der Waals surface area contributed by atoms with Crippen LogP contribution < -0.4 is 10.2 Å². The van der Waals surface area contributed by atoms with Crippen LogP contribution >= 0.6 is 0 Å². The van der Waals surface area contributed by atoms with Gasteiger partial charge in [-0.1, -0.05) is 48.9 Å². The van der Waals surface area contributed by atoms with Gasteiger partial charge in [-0.15, -0.1) is 0 Å². The Kier molecular flexibility index (Phi) is 6.24. The van der Waals surface area contributed by atoms with E-state index in [-0.39, 0.29) is 23.8 Å². The van der Waals surface area contributed by atoms with E-state index in [0.717, 1.165) is 23.1 Å². The number of hydrogen-bond acceptors (Lipinski definition) is 5. The summed E-state index contributed by atoms with van der Waals surface area (Å²) in [4.78, 5) is 45.2. The number of fused-ring (bicyclic) bond motifs is 1. The molecule has 3 aromatic rings. The van der Waals surface area contributed by atoms with Crippen molar-refractivity contribution in [2.45, 2.75) is 45.8 Å². The van der Waals surface area contributed by atoms with Crippen molar-refractivity contribution in [2.75, 3.05) is 12.0 Å². The fraction of sp³-hybridized carbons (Fsp3) is 0.308. The molecule has 2 aromatic carbocycles. The molecule has 1 N–H and O–H groups in total. The van der Waals surface area contributed by atoms with Crippen LogP contribution in [0.25, 0.3) is 0 Å². The second-order valence-corrected chi connectivity index (χ2v) is 8.66. The van der Waals surface area contributed by atoms with Gasteiger partial charge in [0, 0.05) is 12.2 Å². The number of aryl methyl sites for hydroxylation is 2. The minimum atomic E-state index is -1.25. The van der Waals surface area contributed by atoms with Crippen LogP contribution in [0.3, 0.4) is 0 Å². The van der Waals surface area contributed by atoms with Crippen molar-refractivity contribution in [3.05, 3.63) is 82.9 Å². The van der Waals surface area contributed by atoms with E-state index in [1.165, 1.54) is 18.3 Å². The number of carbonyl (C=O) groups excluding carboxylic acids is 3. The topological polar surface area (TPSA) is 93.5 Å². The second kappa shape index (κ2) is 9.13. The van der Waals surface area contributed by atoms with Crippen molar-refractivity contribution in [1.82, 2.24) is 14.9 Å². The van der Waals surface area contributed by atoms with E-state index in [4.69, 9.17) is 4.74 Å². The van der Waals surface area contributed by atoms with E-state index in [0.29, 0.717) is 12.2 Å². The number of aromatic nitrogens is 2. The molecule has 0 bridgehead atoms. The van der Waals surface area contributed by atoms with Crippen LogP contribution in [0.2, 0.25) is 0 Å². The van der Waals surface area contributed by atoms with E-state index in [9.17, 15) is 14.4 Å². The predicted molar refractivity (Wildman–Crippen MR) is 128 cm³/mol. The maximum atomic E-state index is 13.8. The average molecular weight is 461 g/mol. The number of hydrogen-bond donors (Lipinski definition) is 1. The Labute approximate surface area is 198 Å². The van der Waals surface area contributed by atoms with Gasteiger partial charge in [0.2, 0.25) is 5.91 Å². The highest BCUT2D eigenvalue weighted by molar-refractivity contribution is 6.15. The molecule has 1 aliphatic heterocycles. The molecule has 0 saturated heterocycles. The first-order chi connectivity index (χ1) is 16.3. The summed E-state index contributed by atoms with van der Waals surface area (Å²) in [5, 5.41) is 2.98. The standard InChI is InChI=1S/C26H28N4O4/c1-5-18-10-12-20(13-11-18)30-23(31)22-21(24(32)34-4)28-16-29(22)15-26(30,3)25(33)27-14-19-8-6-17(2)7-9-19/h6-13,16H,5,14-15H2,1-4H3,(H,27,33)/t26-/m1/s1. The number of ether oxygens (including phenoxy) is 1. The van der Waals surface area contributed by atoms with Gasteiger partial charge in [0.05, 0.1) is 20.0 Å². The fourth-order valence-electron chi connectivity index (χ4n) is 4.24. The van der Waals surface area contributed by atoms with Crippen LogP contribution in [-0.4, -0.2) is 40.0 Å². The van der Waals surface area contributed by atoms with Crippen LogP contribution in [0.1, 0.15) is 51.5 Å². The van der Waals surface area contributed by atoms with Crippen molar-refractivity contribution in [3.8, 4) is 0 Å². The summed E-state index contributed by atoms with van der Waals surface area (Å²) in [5.41, 5.74) is 2.56. The highest BCUT2D eigenvalue weighted by Crippen LogP contribution is 2.34. The first-order valence-electron chi connectivity index (χ1n) is 11.2. The summed E-state index contributed by atoms with van der Waals surface area (Å²) >= 11 is 0. The number of methoxy groups -OCH3 is 1. The number of anilines is 1. The molecule has 0 aliphatic carbocycles. The summed E-state index contributed by atoms with van der Waals surface area (Å²) in [7, 11) is 1.24. The van der Waals surface area contributed by atoms with Gasteiger partial charge in [0.1, 0.15) is 11.2 Å². The molecule has 0 fully saturated rings. The van der Waals surface area contributed by atoms with Crippen molar-refractivity contribution in [3.63, 3.8) is 0 Å². The molecule has 0 unspecified atom stereocenters. The van der Waals surface area contributed by atoms with Crippen LogP contribution in [-0.2, 0) is 29.0 Å². The van der Waals surface area contributed by atoms with Crippen LogP contribution in [0.4, 0.5) is 5.69 Å². The van der Waals surface area contributed by atoms with E-state index < -0.39 is 17.4 Å². The van der Waals surface area contributed by atoms with Crippen LogP contribution in [0.5, 0.6) is 0 Å². The largest absolute Gasteiger partial charge is 0.464 e. The summed E-state index contributed by atoms with van der Waals surface area (Å²) in [6, 6.07) is 15.4. The molecule has 0 radical (unpaired) electrons. The number of esters is 1. The predicted octanol–water partition coefficient (Wildman–Crippen LogP) is 3.28. The van der Waals surface area contributed by atoms with E-state index >= 15 is 0 Å². The fourth-order valence-corrected chi connectivity index (χ4v) is 4.24. The minimum Gasteiger partial charge on any atom is -0.464 e. The molecule has 2 heterocycles. The van der Waals surface area contributed by atoms with Gasteiger partial charge in [-0.25, -0.2) is 9.78 Å². The quantitative estimate of drug-likeness (QED) is 0.570. The Morgan fingerprint density at radius 2 is 1.74 bits per heavy atom. The summed E-state index contributed by atoms with van der Waals surface area (Å²) in [6.07, 6.45) is 2.25. The zero-order valence-corrected chi connectivity index (χ0v) is 19.8. The lowest BCUT2D eigenvalue weighted by molar-refractivity contribution is -0.126. The molecule has 0 spiro atoms. The third-order valence-electron chi connectivity index (χ3n) is 6.26. The molecule has 1 aromatic heterocycles. The summed E-state index contributed by atoms with van der Waals surface area (Å²) < 4.78 is 6.36. The number of benzene rings is 2. The van der Waals surface area contributed by atoms with Crippen molar-refractivity contribution in [2.24, 2.45) is 0 Å². The van der Waals surface area contributed by atoms with E-state index in [1.807, 2.05) is 62.4 Å². The maximum Gasteiger partial charge on any atom is 0.359 e. The first-order valence-corrected chi connectivity index (χ1v) is 11.2. The van der Waals surface area contributed by atoms with E-state index in [1.54, 1.807) is 11.5 Å². The van der Waals surface area contributed by atoms with Crippen LogP contribution in [0, 0.1) is 6.92 Å². The minimum absolute atomic E-state index is 0.0650. The zero-order valence-electron chi connectivity index (χ0n) is 19.8. The lowest BCUT2D eigenvalue weighted by atomic mass is 9.93. The van der Waals surface area contributed by atoms with Gasteiger partial charge in [0.15, 0.2) is 5.69 Å². The normalized spacial score (nSPS) is 17.3. The summed E-state index contributed by atoms with van der Waals surface area (Å²) in [6.45, 7) is 6.24. The highest BCUT2D eigenvalue weighted by Gasteiger charge is 2.49. The molecule has 1 atom stereocenters. The number of nitrogens with zero attached hydrogens (tertiary/aromatic N) is 3. The third kappa shape index (κ3) is 4.07. The molecule has 8 nitrogen and oxygen atoms in total. The smallest absolute Gasteiger partial charge is 0.359 e. The van der Waals surface area contributed by atoms with Gasteiger partial charge in [-0.05, 0) is 43.5 Å². The van der Waals surface area contributed by atoms with Gasteiger partial charge in [0.25, 0.3) is 5.91 Å². The third-order valence-corrected chi connectivity index (χ3v) is 6.26. The molecule has 34 heavy (non-hydrogen) atoms. The monoisotopic (exact) mass is 460 g/mol. The molecular formula is C26H28N4O4. The molecule has 176 valence electrons. The van der Waals surface area contributed by atoms with Gasteiger partial charge >= 0.3 is 5.97 Å². The Morgan fingerprint density at radius 1 is 1.09 bits per heavy atom. The lowest BCUT2D eigenvalue weighted by Crippen LogP contribution is -2.64. The van der Waals surface area contributed by atoms with Gasteiger partial charge in [-0.3, -0.25) is 14.5 Å². The maximum absolute atomic E-state index is 13.8. The van der Waals surface area contributed by atoms with Gasteiger partial charge < -0.3 is 14.6 Å². The lowest BCUT2D eigenvalue weighted by Gasteiger charge is -2.43. The molecule has 8 heteroatoms. The Bertz CT molecular complexity index is 1230. The average Bonchev–Trinajstić information content (AvgIpc) is 3.27. The van der Waals surface area contributed by atoms with E-state index in [2.05, 4.69) is 10.3 Å². The zero-order chi connectivity index (χ0) is 24.5. The number of amides is 2. The Morgan fingerprint density at radius 3 is 2.35 bits per heavy atom. The number of rotatable bonds is 6. The Balaban J connectivity index is 1.73. The second-order valence-electron chi connectivity index (χ2n) is 8.66. The molecule has 1 aliphatic rings. The van der Waals surface area contributed by atoms with Crippen molar-refractivity contribution >= 4 is 23.5 Å². The highest BCUT2D eigenvalue weighted by atomic mass is 16.5.